The third-order valence-electron chi connectivity index (χ3n) is 3.33. The summed E-state index contributed by atoms with van der Waals surface area (Å²) in [7, 11) is 0. The molecule has 1 aliphatic carbocycles. The highest BCUT2D eigenvalue weighted by atomic mass is 14.9. The van der Waals surface area contributed by atoms with Crippen molar-refractivity contribution in [2.24, 2.45) is 5.92 Å². The van der Waals surface area contributed by atoms with Crippen molar-refractivity contribution >= 4 is 10.8 Å². The summed E-state index contributed by atoms with van der Waals surface area (Å²) in [5.41, 5.74) is 1.42. The van der Waals surface area contributed by atoms with Crippen LogP contribution in [0.2, 0.25) is 0 Å². The van der Waals surface area contributed by atoms with Gasteiger partial charge in [0.15, 0.2) is 0 Å². The molecule has 1 nitrogen and oxygen atoms in total. The fraction of sp³-hybridized carbons (Fsp3) is 0.333. The molecule has 0 radical (unpaired) electrons. The van der Waals surface area contributed by atoms with Crippen LogP contribution in [0.3, 0.4) is 0 Å². The molecule has 0 saturated heterocycles. The van der Waals surface area contributed by atoms with E-state index in [2.05, 4.69) is 47.8 Å². The maximum atomic E-state index is 3.56. The van der Waals surface area contributed by atoms with Gasteiger partial charge in [-0.15, -0.1) is 0 Å². The molecule has 2 aromatic carbocycles. The molecule has 0 bridgehead atoms. The predicted octanol–water partition coefficient (Wildman–Crippen LogP) is 3.34. The van der Waals surface area contributed by atoms with Crippen LogP contribution in [0.5, 0.6) is 0 Å². The van der Waals surface area contributed by atoms with E-state index in [-0.39, 0.29) is 0 Å². The highest BCUT2D eigenvalue weighted by Crippen LogP contribution is 2.27. The first kappa shape index (κ1) is 9.86. The van der Waals surface area contributed by atoms with Gasteiger partial charge in [0.05, 0.1) is 0 Å². The van der Waals surface area contributed by atoms with Crippen molar-refractivity contribution in [2.45, 2.75) is 19.4 Å². The minimum atomic E-state index is 0.954. The summed E-state index contributed by atoms with van der Waals surface area (Å²) in [5, 5.41) is 6.28. The van der Waals surface area contributed by atoms with Crippen LogP contribution >= 0.6 is 0 Å². The summed E-state index contributed by atoms with van der Waals surface area (Å²) >= 11 is 0. The number of hydrogen-bond acceptors (Lipinski definition) is 1. The molecule has 1 fully saturated rings. The van der Waals surface area contributed by atoms with Gasteiger partial charge in [0.2, 0.25) is 0 Å². The first-order chi connectivity index (χ1) is 7.93. The molecule has 0 aromatic heterocycles. The average Bonchev–Trinajstić information content (AvgIpc) is 3.13. The Morgan fingerprint density at radius 3 is 2.69 bits per heavy atom. The number of benzene rings is 2. The van der Waals surface area contributed by atoms with Crippen LogP contribution in [0.25, 0.3) is 10.8 Å². The van der Waals surface area contributed by atoms with Gasteiger partial charge in [0.25, 0.3) is 0 Å². The lowest BCUT2D eigenvalue weighted by molar-refractivity contribution is 0.641. The summed E-state index contributed by atoms with van der Waals surface area (Å²) in [6, 6.07) is 15.2. The summed E-state index contributed by atoms with van der Waals surface area (Å²) < 4.78 is 0. The number of nitrogens with one attached hydrogen (secondary N) is 1. The Morgan fingerprint density at radius 1 is 1.00 bits per heavy atom. The van der Waals surface area contributed by atoms with Gasteiger partial charge in [-0.25, -0.2) is 0 Å². The Bertz CT molecular complexity index is 480. The quantitative estimate of drug-likeness (QED) is 0.818. The molecule has 3 rings (SSSR count). The highest BCUT2D eigenvalue weighted by Gasteiger charge is 2.20. The van der Waals surface area contributed by atoms with E-state index < -0.39 is 0 Å². The Hall–Kier alpha value is -1.34. The molecule has 0 atom stereocenters. The van der Waals surface area contributed by atoms with Crippen LogP contribution < -0.4 is 5.32 Å². The lowest BCUT2D eigenvalue weighted by atomic mass is 10.0. The maximum absolute atomic E-state index is 3.56. The van der Waals surface area contributed by atoms with Crippen LogP contribution in [0.1, 0.15) is 18.4 Å². The molecule has 2 aromatic rings. The second-order valence-corrected chi connectivity index (χ2v) is 4.71. The van der Waals surface area contributed by atoms with Gasteiger partial charge in [-0.2, -0.15) is 0 Å². The maximum Gasteiger partial charge on any atom is 0.0211 e. The topological polar surface area (TPSA) is 12.0 Å². The zero-order valence-electron chi connectivity index (χ0n) is 9.45. The van der Waals surface area contributed by atoms with E-state index in [1.165, 1.54) is 35.7 Å². The van der Waals surface area contributed by atoms with Crippen LogP contribution in [-0.4, -0.2) is 6.54 Å². The lowest BCUT2D eigenvalue weighted by Gasteiger charge is -2.07. The largest absolute Gasteiger partial charge is 0.312 e. The zero-order chi connectivity index (χ0) is 10.8. The molecule has 0 unspecified atom stereocenters. The Morgan fingerprint density at radius 2 is 1.81 bits per heavy atom. The van der Waals surface area contributed by atoms with Crippen LogP contribution in [0.15, 0.2) is 42.5 Å². The molecule has 0 heterocycles. The van der Waals surface area contributed by atoms with Gasteiger partial charge < -0.3 is 5.32 Å². The van der Waals surface area contributed by atoms with Gasteiger partial charge in [-0.1, -0.05) is 42.5 Å². The average molecular weight is 211 g/mol. The van der Waals surface area contributed by atoms with Gasteiger partial charge in [-0.05, 0) is 41.6 Å². The molecule has 1 N–H and O–H groups in total. The third kappa shape index (κ3) is 2.10. The molecule has 0 aliphatic heterocycles. The smallest absolute Gasteiger partial charge is 0.0211 e. The minimum Gasteiger partial charge on any atom is -0.312 e. The van der Waals surface area contributed by atoms with E-state index in [4.69, 9.17) is 0 Å². The van der Waals surface area contributed by atoms with E-state index in [9.17, 15) is 0 Å². The van der Waals surface area contributed by atoms with Crippen molar-refractivity contribution in [3.05, 3.63) is 48.0 Å². The zero-order valence-corrected chi connectivity index (χ0v) is 9.45. The Labute approximate surface area is 96.5 Å². The van der Waals surface area contributed by atoms with Crippen LogP contribution in [-0.2, 0) is 6.54 Å². The van der Waals surface area contributed by atoms with Crippen molar-refractivity contribution < 1.29 is 0 Å². The van der Waals surface area contributed by atoms with Crippen molar-refractivity contribution in [2.75, 3.05) is 6.54 Å². The fourth-order valence-corrected chi connectivity index (χ4v) is 2.18. The molecular weight excluding hydrogens is 194 g/mol. The summed E-state index contributed by atoms with van der Waals surface area (Å²) in [4.78, 5) is 0. The van der Waals surface area contributed by atoms with E-state index in [1.807, 2.05) is 0 Å². The summed E-state index contributed by atoms with van der Waals surface area (Å²) in [5.74, 6) is 0.954. The SMILES string of the molecule is c1ccc2c(CNCC3CC3)cccc2c1. The number of fused-ring (bicyclic) bond motifs is 1. The Kier molecular flexibility index (Phi) is 2.63. The van der Waals surface area contributed by atoms with Gasteiger partial charge in [0, 0.05) is 6.54 Å². The van der Waals surface area contributed by atoms with Crippen molar-refractivity contribution in [3.8, 4) is 0 Å². The van der Waals surface area contributed by atoms with E-state index in [0.717, 1.165) is 12.5 Å². The van der Waals surface area contributed by atoms with E-state index >= 15 is 0 Å². The molecule has 1 heteroatoms. The Balaban J connectivity index is 1.79. The predicted molar refractivity (Wildman–Crippen MR) is 68.4 cm³/mol. The number of hydrogen-bond donors (Lipinski definition) is 1. The molecule has 1 saturated carbocycles. The molecule has 0 amide bonds. The second kappa shape index (κ2) is 4.26. The standard InChI is InChI=1S/C15H17N/c1-2-7-15-13(4-1)5-3-6-14(15)11-16-10-12-8-9-12/h1-7,12,16H,8-11H2. The lowest BCUT2D eigenvalue weighted by Crippen LogP contribution is -2.16. The second-order valence-electron chi connectivity index (χ2n) is 4.71. The first-order valence-corrected chi connectivity index (χ1v) is 6.11. The van der Waals surface area contributed by atoms with E-state index in [1.54, 1.807) is 0 Å². The summed E-state index contributed by atoms with van der Waals surface area (Å²) in [6.07, 6.45) is 2.84. The number of rotatable bonds is 4. The van der Waals surface area contributed by atoms with Crippen molar-refractivity contribution in [1.29, 1.82) is 0 Å². The first-order valence-electron chi connectivity index (χ1n) is 6.11. The molecule has 82 valence electrons. The van der Waals surface area contributed by atoms with Crippen LogP contribution in [0, 0.1) is 5.92 Å². The minimum absolute atomic E-state index is 0.954. The van der Waals surface area contributed by atoms with Crippen LogP contribution in [0.4, 0.5) is 0 Å². The van der Waals surface area contributed by atoms with Gasteiger partial charge >= 0.3 is 0 Å². The van der Waals surface area contributed by atoms with Gasteiger partial charge in [-0.3, -0.25) is 0 Å². The normalized spacial score (nSPS) is 15.5. The van der Waals surface area contributed by atoms with Gasteiger partial charge in [0.1, 0.15) is 0 Å². The highest BCUT2D eigenvalue weighted by molar-refractivity contribution is 5.85. The van der Waals surface area contributed by atoms with Crippen molar-refractivity contribution in [3.63, 3.8) is 0 Å². The molecule has 0 spiro atoms. The molecule has 1 aliphatic rings. The third-order valence-corrected chi connectivity index (χ3v) is 3.33. The van der Waals surface area contributed by atoms with E-state index in [0.29, 0.717) is 0 Å². The molecular formula is C15H17N. The monoisotopic (exact) mass is 211 g/mol. The summed E-state index contributed by atoms with van der Waals surface area (Å²) in [6.45, 7) is 2.18. The molecule has 16 heavy (non-hydrogen) atoms. The van der Waals surface area contributed by atoms with Crippen molar-refractivity contribution in [1.82, 2.24) is 5.32 Å². The fourth-order valence-electron chi connectivity index (χ4n) is 2.18.